The number of anilines is 1. The Morgan fingerprint density at radius 1 is 1.15 bits per heavy atom. The molecule has 136 valence electrons. The van der Waals surface area contributed by atoms with Crippen molar-refractivity contribution in [3.8, 4) is 0 Å². The minimum Gasteiger partial charge on any atom is -0.391 e. The number of nitrogens with one attached hydrogen (secondary N) is 1. The topological polar surface area (TPSA) is 61.8 Å². The van der Waals surface area contributed by atoms with Gasteiger partial charge in [0.2, 0.25) is 0 Å². The lowest BCUT2D eigenvalue weighted by molar-refractivity contribution is -0.0689. The van der Waals surface area contributed by atoms with Crippen molar-refractivity contribution in [2.45, 2.75) is 24.5 Å². The summed E-state index contributed by atoms with van der Waals surface area (Å²) in [5, 5.41) is 12.8. The molecule has 0 saturated carbocycles. The van der Waals surface area contributed by atoms with Crippen LogP contribution in [0.3, 0.4) is 0 Å². The Bertz CT molecular complexity index is 757. The molecule has 26 heavy (non-hydrogen) atoms. The molecule has 0 spiro atoms. The molecule has 1 atom stereocenters. The fraction of sp³-hybridized carbons (Fsp3) is 0.381. The lowest BCUT2D eigenvalue weighted by atomic mass is 9.88. The Morgan fingerprint density at radius 2 is 1.88 bits per heavy atom. The molecular formula is C21H24N2O3. The monoisotopic (exact) mass is 352 g/mol. The minimum atomic E-state index is -0.323. The number of hydrogen-bond acceptors (Lipinski definition) is 4. The van der Waals surface area contributed by atoms with E-state index in [1.54, 1.807) is 0 Å². The van der Waals surface area contributed by atoms with Crippen molar-refractivity contribution in [3.63, 3.8) is 0 Å². The van der Waals surface area contributed by atoms with E-state index in [4.69, 9.17) is 4.74 Å². The van der Waals surface area contributed by atoms with Crippen LogP contribution < -0.4 is 10.2 Å². The van der Waals surface area contributed by atoms with Crippen molar-refractivity contribution in [2.24, 2.45) is 0 Å². The molecule has 2 N–H and O–H groups in total. The number of amides is 1. The summed E-state index contributed by atoms with van der Waals surface area (Å²) in [4.78, 5) is 14.8. The van der Waals surface area contributed by atoms with Crippen LogP contribution in [-0.4, -0.2) is 49.0 Å². The third-order valence-corrected chi connectivity index (χ3v) is 5.18. The van der Waals surface area contributed by atoms with Crippen molar-refractivity contribution < 1.29 is 14.6 Å². The van der Waals surface area contributed by atoms with E-state index in [9.17, 15) is 9.90 Å². The molecule has 0 radical (unpaired) electrons. The first-order chi connectivity index (χ1) is 12.6. The zero-order chi connectivity index (χ0) is 18.0. The summed E-state index contributed by atoms with van der Waals surface area (Å²) in [7, 11) is 0. The van der Waals surface area contributed by atoms with Gasteiger partial charge < -0.3 is 20.1 Å². The number of hydrogen-bond donors (Lipinski definition) is 2. The van der Waals surface area contributed by atoms with Gasteiger partial charge in [-0.1, -0.05) is 30.3 Å². The van der Waals surface area contributed by atoms with Gasteiger partial charge in [0.25, 0.3) is 5.91 Å². The molecule has 2 fully saturated rings. The van der Waals surface area contributed by atoms with E-state index >= 15 is 0 Å². The number of β-amino-alcohol motifs (C(OH)–C–C–N with tert-alkyl or cyclic N) is 1. The lowest BCUT2D eigenvalue weighted by Crippen LogP contribution is -2.63. The van der Waals surface area contributed by atoms with Crippen LogP contribution in [0.2, 0.25) is 0 Å². The highest BCUT2D eigenvalue weighted by Crippen LogP contribution is 2.24. The fourth-order valence-electron chi connectivity index (χ4n) is 3.67. The van der Waals surface area contributed by atoms with Gasteiger partial charge in [0, 0.05) is 30.8 Å². The Morgan fingerprint density at radius 3 is 2.46 bits per heavy atom. The van der Waals surface area contributed by atoms with Crippen LogP contribution in [-0.2, 0) is 11.2 Å². The molecule has 0 aliphatic carbocycles. The van der Waals surface area contributed by atoms with Crippen LogP contribution in [0.5, 0.6) is 0 Å². The van der Waals surface area contributed by atoms with Crippen molar-refractivity contribution >= 4 is 11.6 Å². The second-order valence-corrected chi connectivity index (χ2v) is 7.33. The van der Waals surface area contributed by atoms with E-state index in [0.29, 0.717) is 25.3 Å². The molecule has 1 amide bonds. The van der Waals surface area contributed by atoms with Gasteiger partial charge in [-0.25, -0.2) is 0 Å². The number of carbonyl (C=O) groups excluding carboxylic acids is 1. The van der Waals surface area contributed by atoms with Crippen molar-refractivity contribution in [3.05, 3.63) is 65.7 Å². The third-order valence-electron chi connectivity index (χ3n) is 5.18. The molecule has 5 nitrogen and oxygen atoms in total. The molecule has 4 rings (SSSR count). The van der Waals surface area contributed by atoms with E-state index in [2.05, 4.69) is 22.3 Å². The van der Waals surface area contributed by atoms with Gasteiger partial charge in [-0.15, -0.1) is 0 Å². The van der Waals surface area contributed by atoms with Crippen molar-refractivity contribution in [1.29, 1.82) is 0 Å². The summed E-state index contributed by atoms with van der Waals surface area (Å²) in [5.41, 5.74) is 2.56. The number of benzene rings is 2. The molecule has 1 unspecified atom stereocenters. The Balaban J connectivity index is 1.42. The number of ether oxygens (including phenoxy) is 1. The summed E-state index contributed by atoms with van der Waals surface area (Å²) in [6.45, 7) is 2.59. The molecule has 0 aromatic heterocycles. The second-order valence-electron chi connectivity index (χ2n) is 7.33. The number of nitrogens with zero attached hydrogens (tertiary/aromatic N) is 1. The van der Waals surface area contributed by atoms with E-state index < -0.39 is 0 Å². The van der Waals surface area contributed by atoms with Gasteiger partial charge in [-0.2, -0.15) is 0 Å². The van der Waals surface area contributed by atoms with Gasteiger partial charge in [-0.05, 0) is 36.2 Å². The molecule has 5 heteroatoms. The van der Waals surface area contributed by atoms with Gasteiger partial charge in [0.1, 0.15) is 0 Å². The average Bonchev–Trinajstić information content (AvgIpc) is 3.07. The Kier molecular flexibility index (Phi) is 4.66. The quantitative estimate of drug-likeness (QED) is 0.864. The zero-order valence-electron chi connectivity index (χ0n) is 14.7. The highest BCUT2D eigenvalue weighted by Gasteiger charge is 2.40. The standard InChI is InChI=1S/C21H24N2O3/c24-19-10-11-23(13-19)18-8-6-17(7-9-18)20(25)22-21(14-26-15-21)12-16-4-2-1-3-5-16/h1-9,19,24H,10-15H2,(H,22,25). The maximum absolute atomic E-state index is 12.7. The number of aliphatic hydroxyl groups excluding tert-OH is 1. The maximum Gasteiger partial charge on any atom is 0.251 e. The van der Waals surface area contributed by atoms with Gasteiger partial charge in [-0.3, -0.25) is 4.79 Å². The van der Waals surface area contributed by atoms with Gasteiger partial charge in [0.05, 0.1) is 24.9 Å². The van der Waals surface area contributed by atoms with Crippen molar-refractivity contribution in [2.75, 3.05) is 31.2 Å². The number of aliphatic hydroxyl groups is 1. The molecule has 0 bridgehead atoms. The van der Waals surface area contributed by atoms with Crippen LogP contribution >= 0.6 is 0 Å². The highest BCUT2D eigenvalue weighted by atomic mass is 16.5. The number of rotatable bonds is 5. The van der Waals surface area contributed by atoms with Crippen LogP contribution in [0, 0.1) is 0 Å². The average molecular weight is 352 g/mol. The summed E-state index contributed by atoms with van der Waals surface area (Å²) < 4.78 is 5.40. The largest absolute Gasteiger partial charge is 0.391 e. The number of carbonyl (C=O) groups is 1. The van der Waals surface area contributed by atoms with Crippen LogP contribution in [0.4, 0.5) is 5.69 Å². The molecule has 2 saturated heterocycles. The second kappa shape index (κ2) is 7.09. The molecule has 2 aliphatic heterocycles. The van der Waals surface area contributed by atoms with Crippen LogP contribution in [0.1, 0.15) is 22.3 Å². The van der Waals surface area contributed by atoms with Crippen LogP contribution in [0.15, 0.2) is 54.6 Å². The maximum atomic E-state index is 12.7. The highest BCUT2D eigenvalue weighted by molar-refractivity contribution is 5.95. The van der Waals surface area contributed by atoms with E-state index in [1.165, 1.54) is 5.56 Å². The first-order valence-electron chi connectivity index (χ1n) is 9.11. The summed E-state index contributed by atoms with van der Waals surface area (Å²) >= 11 is 0. The summed E-state index contributed by atoms with van der Waals surface area (Å²) in [6.07, 6.45) is 1.31. The first-order valence-corrected chi connectivity index (χ1v) is 9.11. The Labute approximate surface area is 153 Å². The first kappa shape index (κ1) is 17.1. The minimum absolute atomic E-state index is 0.0720. The van der Waals surface area contributed by atoms with Gasteiger partial charge >= 0.3 is 0 Å². The van der Waals surface area contributed by atoms with E-state index in [-0.39, 0.29) is 17.6 Å². The fourth-order valence-corrected chi connectivity index (χ4v) is 3.67. The zero-order valence-corrected chi connectivity index (χ0v) is 14.7. The summed E-state index contributed by atoms with van der Waals surface area (Å²) in [5.74, 6) is -0.0720. The van der Waals surface area contributed by atoms with Crippen LogP contribution in [0.25, 0.3) is 0 Å². The predicted octanol–water partition coefficient (Wildman–Crippen LogP) is 2.00. The third kappa shape index (κ3) is 3.59. The normalized spacial score (nSPS) is 21.3. The molecule has 2 heterocycles. The van der Waals surface area contributed by atoms with Gasteiger partial charge in [0.15, 0.2) is 0 Å². The molecule has 2 aromatic carbocycles. The predicted molar refractivity (Wildman–Crippen MR) is 100 cm³/mol. The van der Waals surface area contributed by atoms with Crippen molar-refractivity contribution in [1.82, 2.24) is 5.32 Å². The lowest BCUT2D eigenvalue weighted by Gasteiger charge is -2.42. The summed E-state index contributed by atoms with van der Waals surface area (Å²) in [6, 6.07) is 17.8. The smallest absolute Gasteiger partial charge is 0.251 e. The molecule has 2 aliphatic rings. The Hall–Kier alpha value is -2.37. The molecule has 2 aromatic rings. The molecular weight excluding hydrogens is 328 g/mol. The van der Waals surface area contributed by atoms with E-state index in [1.807, 2.05) is 42.5 Å². The van der Waals surface area contributed by atoms with E-state index in [0.717, 1.165) is 25.1 Å². The SMILES string of the molecule is O=C(NC1(Cc2ccccc2)COC1)c1ccc(N2CCC(O)C2)cc1.